The predicted molar refractivity (Wildman–Crippen MR) is 101 cm³/mol. The minimum atomic E-state index is -3.78. The van der Waals surface area contributed by atoms with Crippen LogP contribution in [0.2, 0.25) is 0 Å². The Morgan fingerprint density at radius 3 is 2.53 bits per heavy atom. The summed E-state index contributed by atoms with van der Waals surface area (Å²) in [5.41, 5.74) is 0.0281. The third-order valence-electron chi connectivity index (χ3n) is 4.11. The van der Waals surface area contributed by atoms with E-state index in [-0.39, 0.29) is 73.3 Å². The first-order valence-corrected chi connectivity index (χ1v) is 9.35. The van der Waals surface area contributed by atoms with Gasteiger partial charge in [-0.25, -0.2) is 4.98 Å². The number of rotatable bonds is 7. The number of amides is 1. The second kappa shape index (κ2) is 10.1. The van der Waals surface area contributed by atoms with Crippen LogP contribution in [0, 0.1) is 0 Å². The molecule has 1 amide bonds. The van der Waals surface area contributed by atoms with Crippen LogP contribution >= 0.6 is 11.3 Å². The number of aromatic carboxylic acids is 1. The van der Waals surface area contributed by atoms with Crippen molar-refractivity contribution in [1.29, 1.82) is 0 Å². The Morgan fingerprint density at radius 1 is 1.27 bits per heavy atom. The van der Waals surface area contributed by atoms with Crippen LogP contribution in [0.4, 0.5) is 14.5 Å². The molecule has 7 nitrogen and oxygen atoms in total. The zero-order valence-corrected chi connectivity index (χ0v) is 20.1. The van der Waals surface area contributed by atoms with E-state index in [1.165, 1.54) is 35.3 Å². The van der Waals surface area contributed by atoms with Gasteiger partial charge < -0.3 is 24.9 Å². The molecule has 0 aliphatic heterocycles. The molecule has 0 spiro atoms. The predicted octanol–water partition coefficient (Wildman–Crippen LogP) is -0.479. The Morgan fingerprint density at radius 2 is 1.93 bits per heavy atom. The van der Waals surface area contributed by atoms with Crippen molar-refractivity contribution < 1.29 is 80.0 Å². The van der Waals surface area contributed by atoms with E-state index in [0.29, 0.717) is 17.1 Å². The fourth-order valence-corrected chi connectivity index (χ4v) is 3.56. The van der Waals surface area contributed by atoms with Crippen molar-refractivity contribution in [1.82, 2.24) is 9.55 Å². The Kier molecular flexibility index (Phi) is 8.31. The Hall–Kier alpha value is -1.63. The van der Waals surface area contributed by atoms with Crippen molar-refractivity contribution in [3.8, 4) is 16.3 Å². The summed E-state index contributed by atoms with van der Waals surface area (Å²) >= 11 is 0.997. The molecule has 0 aliphatic carbocycles. The van der Waals surface area contributed by atoms with Crippen LogP contribution < -0.4 is 61.8 Å². The summed E-state index contributed by atoms with van der Waals surface area (Å²) in [6.45, 7) is 2.13. The summed E-state index contributed by atoms with van der Waals surface area (Å²) in [6.07, 6.45) is 2.84. The topological polar surface area (TPSA) is 107 Å². The maximum absolute atomic E-state index is 14.4. The summed E-state index contributed by atoms with van der Waals surface area (Å²) < 4.78 is 30.3. The van der Waals surface area contributed by atoms with E-state index in [2.05, 4.69) is 4.98 Å². The van der Waals surface area contributed by atoms with Gasteiger partial charge in [0, 0.05) is 41.1 Å². The largest absolute Gasteiger partial charge is 1.00 e. The number of nitrogens with one attached hydrogen (secondary N) is 1. The minimum absolute atomic E-state index is 0. The molecule has 11 heteroatoms. The number of phenolic OH excluding ortho intramolecular Hbond substituents is 1. The van der Waals surface area contributed by atoms with Crippen molar-refractivity contribution in [3.05, 3.63) is 53.3 Å². The molecular formula is C19H16F2KN3O4S. The van der Waals surface area contributed by atoms with Crippen LogP contribution in [0.5, 0.6) is 5.75 Å². The number of carbonyl (C=O) groups is 2. The van der Waals surface area contributed by atoms with Gasteiger partial charge in [-0.15, -0.1) is 11.3 Å². The van der Waals surface area contributed by atoms with E-state index < -0.39 is 24.2 Å². The van der Waals surface area contributed by atoms with Gasteiger partial charge in [0.1, 0.15) is 10.8 Å². The van der Waals surface area contributed by atoms with E-state index in [0.717, 1.165) is 11.3 Å². The van der Waals surface area contributed by atoms with E-state index in [1.807, 2.05) is 5.32 Å². The third-order valence-corrected chi connectivity index (χ3v) is 5.16. The summed E-state index contributed by atoms with van der Waals surface area (Å²) in [5, 5.41) is 22.9. The average molecular weight is 460 g/mol. The van der Waals surface area contributed by atoms with Crippen LogP contribution in [0.15, 0.2) is 42.9 Å². The standard InChI is InChI=1S/C19H17F2N3O4S.K/c1-2-24-9-14(17(26)27)15(10-24)23-18(28)19(20,21)7-13-8-22-16(29-13)11-3-5-12(25)6-4-11;/h3-6,8-10,25H,2,7H2,1H3,(H,23,28)(H,26,27);/q;+1/p-1. The van der Waals surface area contributed by atoms with Gasteiger partial charge in [0.2, 0.25) is 0 Å². The molecule has 0 saturated carbocycles. The first-order valence-electron chi connectivity index (χ1n) is 8.54. The van der Waals surface area contributed by atoms with Gasteiger partial charge in [-0.2, -0.15) is 8.78 Å². The van der Waals surface area contributed by atoms with Crippen LogP contribution in [-0.4, -0.2) is 32.5 Å². The molecule has 3 aromatic rings. The third kappa shape index (κ3) is 5.74. The van der Waals surface area contributed by atoms with E-state index in [4.69, 9.17) is 0 Å². The molecule has 0 unspecified atom stereocenters. The van der Waals surface area contributed by atoms with Crippen molar-refractivity contribution in [3.63, 3.8) is 0 Å². The van der Waals surface area contributed by atoms with Crippen LogP contribution in [0.3, 0.4) is 0 Å². The minimum Gasteiger partial charge on any atom is -0.545 e. The SMILES string of the molecule is CCn1cc(NC(=O)C(F)(F)Cc2cnc(-c3ccc(O)cc3)s2)c(C(=O)[O-])c1.[K+]. The molecule has 0 radical (unpaired) electrons. The molecule has 3 rings (SSSR count). The number of halogens is 2. The van der Waals surface area contributed by atoms with Crippen molar-refractivity contribution >= 4 is 28.9 Å². The number of carbonyl (C=O) groups excluding carboxylic acids is 2. The molecule has 2 aromatic heterocycles. The number of alkyl halides is 2. The summed E-state index contributed by atoms with van der Waals surface area (Å²) in [5.74, 6) is -6.90. The smallest absolute Gasteiger partial charge is 0.545 e. The first-order chi connectivity index (χ1) is 13.7. The number of aryl methyl sites for hydroxylation is 1. The van der Waals surface area contributed by atoms with Crippen LogP contribution in [-0.2, 0) is 17.8 Å². The number of hydrogen-bond donors (Lipinski definition) is 2. The molecule has 0 bridgehead atoms. The van der Waals surface area contributed by atoms with Gasteiger partial charge in [0.05, 0.1) is 18.1 Å². The second-order valence-electron chi connectivity index (χ2n) is 6.22. The molecular weight excluding hydrogens is 443 g/mol. The molecule has 2 N–H and O–H groups in total. The first kappa shape index (κ1) is 24.6. The van der Waals surface area contributed by atoms with Gasteiger partial charge in [-0.05, 0) is 31.2 Å². The maximum Gasteiger partial charge on any atom is 1.00 e. The zero-order chi connectivity index (χ0) is 21.2. The van der Waals surface area contributed by atoms with Gasteiger partial charge >= 0.3 is 57.3 Å². The van der Waals surface area contributed by atoms with Gasteiger partial charge in [-0.1, -0.05) is 0 Å². The Bertz CT molecular complexity index is 1050. The molecule has 0 aliphatic rings. The number of nitrogens with zero attached hydrogens (tertiary/aromatic N) is 2. The number of phenols is 1. The number of thiazole rings is 1. The van der Waals surface area contributed by atoms with Gasteiger partial charge in [-0.3, -0.25) is 4.79 Å². The number of anilines is 1. The summed E-state index contributed by atoms with van der Waals surface area (Å²) in [4.78, 5) is 27.5. The Labute approximate surface area is 217 Å². The molecule has 2 heterocycles. The summed E-state index contributed by atoms with van der Waals surface area (Å²) in [7, 11) is 0. The molecule has 30 heavy (non-hydrogen) atoms. The van der Waals surface area contributed by atoms with Crippen LogP contribution in [0.1, 0.15) is 22.2 Å². The number of carboxylic acids is 1. The van der Waals surface area contributed by atoms with E-state index in [1.54, 1.807) is 19.1 Å². The van der Waals surface area contributed by atoms with Gasteiger partial charge in [0.25, 0.3) is 5.91 Å². The van der Waals surface area contributed by atoms with Gasteiger partial charge in [0.15, 0.2) is 0 Å². The number of benzene rings is 1. The summed E-state index contributed by atoms with van der Waals surface area (Å²) in [6, 6.07) is 6.11. The normalized spacial score (nSPS) is 11.0. The molecule has 0 atom stereocenters. The van der Waals surface area contributed by atoms with Crippen molar-refractivity contribution in [2.24, 2.45) is 0 Å². The quantitative estimate of drug-likeness (QED) is 0.464. The molecule has 152 valence electrons. The molecule has 1 aromatic carbocycles. The Balaban J connectivity index is 0.00000320. The number of aromatic nitrogens is 2. The van der Waals surface area contributed by atoms with E-state index in [9.17, 15) is 28.6 Å². The number of carboxylic acid groups (broad SMARTS) is 1. The fourth-order valence-electron chi connectivity index (χ4n) is 2.59. The maximum atomic E-state index is 14.4. The van der Waals surface area contributed by atoms with E-state index >= 15 is 0 Å². The average Bonchev–Trinajstić information content (AvgIpc) is 3.29. The molecule has 0 fully saturated rings. The number of hydrogen-bond acceptors (Lipinski definition) is 6. The van der Waals surface area contributed by atoms with Crippen LogP contribution in [0.25, 0.3) is 10.6 Å². The monoisotopic (exact) mass is 459 g/mol. The molecule has 0 saturated heterocycles. The number of aromatic hydroxyl groups is 1. The van der Waals surface area contributed by atoms with Crippen molar-refractivity contribution in [2.45, 2.75) is 25.8 Å². The fraction of sp³-hybridized carbons (Fsp3) is 0.211. The second-order valence-corrected chi connectivity index (χ2v) is 7.33. The zero-order valence-electron chi connectivity index (χ0n) is 16.2. The van der Waals surface area contributed by atoms with Crippen molar-refractivity contribution in [2.75, 3.05) is 5.32 Å².